The van der Waals surface area contributed by atoms with Gasteiger partial charge >= 0.3 is 5.97 Å². The smallest absolute Gasteiger partial charge is 0.319 e. The molecule has 0 fully saturated rings. The van der Waals surface area contributed by atoms with Gasteiger partial charge in [0.1, 0.15) is 5.25 Å². The lowest BCUT2D eigenvalue weighted by Gasteiger charge is -2.07. The molecule has 0 saturated heterocycles. The Morgan fingerprint density at radius 1 is 1.63 bits per heavy atom. The van der Waals surface area contributed by atoms with Crippen LogP contribution < -0.4 is 0 Å². The molecule has 1 aromatic heterocycles. The molecule has 0 N–H and O–H groups in total. The number of carbonyl (C=O) groups is 1. The van der Waals surface area contributed by atoms with Crippen LogP contribution in [-0.4, -0.2) is 22.8 Å². The molecule has 0 aliphatic carbocycles. The molecule has 0 radical (unpaired) electrons. The van der Waals surface area contributed by atoms with Gasteiger partial charge in [-0.05, 0) is 32.0 Å². The van der Waals surface area contributed by atoms with Crippen LogP contribution in [-0.2, 0) is 9.53 Å². The Hall–Kier alpha value is -1.58. The molecule has 1 heterocycles. The number of rotatable bonds is 4. The summed E-state index contributed by atoms with van der Waals surface area (Å²) in [6.07, 6.45) is 0. The van der Waals surface area contributed by atoms with Crippen molar-refractivity contribution in [2.45, 2.75) is 23.4 Å². The van der Waals surface area contributed by atoms with Gasteiger partial charge in [-0.15, -0.1) is 11.3 Å². The van der Waals surface area contributed by atoms with E-state index in [1.54, 1.807) is 26.0 Å². The number of esters is 1. The number of fused-ring (bicyclic) bond motifs is 1. The highest BCUT2D eigenvalue weighted by Crippen LogP contribution is 2.32. The number of hydrogen-bond acceptors (Lipinski definition) is 6. The second kappa shape index (κ2) is 6.04. The lowest BCUT2D eigenvalue weighted by molar-refractivity contribution is -0.142. The van der Waals surface area contributed by atoms with Crippen molar-refractivity contribution >= 4 is 39.3 Å². The average Bonchev–Trinajstić information content (AvgIpc) is 2.79. The highest BCUT2D eigenvalue weighted by molar-refractivity contribution is 8.02. The van der Waals surface area contributed by atoms with Gasteiger partial charge in [0.2, 0.25) is 0 Å². The number of nitrogens with zero attached hydrogens (tertiary/aromatic N) is 2. The van der Waals surface area contributed by atoms with Crippen LogP contribution in [0, 0.1) is 11.3 Å². The van der Waals surface area contributed by atoms with E-state index >= 15 is 0 Å². The number of benzene rings is 1. The third-order valence-corrected chi connectivity index (χ3v) is 4.60. The number of ether oxygens (including phenoxy) is 1. The van der Waals surface area contributed by atoms with Gasteiger partial charge in [-0.2, -0.15) is 5.26 Å². The van der Waals surface area contributed by atoms with Crippen LogP contribution in [0.15, 0.2) is 22.5 Å². The van der Waals surface area contributed by atoms with Crippen molar-refractivity contribution in [2.75, 3.05) is 6.61 Å². The molecule has 0 spiro atoms. The summed E-state index contributed by atoms with van der Waals surface area (Å²) in [4.78, 5) is 16.0. The zero-order chi connectivity index (χ0) is 13.8. The van der Waals surface area contributed by atoms with E-state index in [0.717, 1.165) is 14.6 Å². The van der Waals surface area contributed by atoms with Crippen molar-refractivity contribution in [1.29, 1.82) is 5.26 Å². The molecular weight excluding hydrogens is 280 g/mol. The monoisotopic (exact) mass is 292 g/mol. The van der Waals surface area contributed by atoms with Crippen molar-refractivity contribution in [3.8, 4) is 6.07 Å². The summed E-state index contributed by atoms with van der Waals surface area (Å²) in [6, 6.07) is 7.49. The number of nitriles is 1. The summed E-state index contributed by atoms with van der Waals surface area (Å²) in [5.74, 6) is -0.232. The molecule has 1 atom stereocenters. The summed E-state index contributed by atoms with van der Waals surface area (Å²) in [5.41, 5.74) is 1.38. The SMILES string of the molecule is CCOC(=O)C(C)Sc1nc2cc(C#N)ccc2s1. The number of aromatic nitrogens is 1. The second-order valence-corrected chi connectivity index (χ2v) is 6.40. The number of hydrogen-bond donors (Lipinski definition) is 0. The molecule has 19 heavy (non-hydrogen) atoms. The number of carbonyl (C=O) groups excluding carboxylic acids is 1. The summed E-state index contributed by atoms with van der Waals surface area (Å²) in [7, 11) is 0. The van der Waals surface area contributed by atoms with Crippen molar-refractivity contribution in [3.63, 3.8) is 0 Å². The van der Waals surface area contributed by atoms with Gasteiger partial charge in [0.15, 0.2) is 4.34 Å². The first-order valence-electron chi connectivity index (χ1n) is 5.78. The van der Waals surface area contributed by atoms with Gasteiger partial charge in [-0.3, -0.25) is 4.79 Å². The lowest BCUT2D eigenvalue weighted by Crippen LogP contribution is -2.16. The van der Waals surface area contributed by atoms with E-state index in [4.69, 9.17) is 10.00 Å². The zero-order valence-corrected chi connectivity index (χ0v) is 12.2. The second-order valence-electron chi connectivity index (χ2n) is 3.79. The predicted octanol–water partition coefficient (Wildman–Crippen LogP) is 3.21. The standard InChI is InChI=1S/C13H12N2O2S2/c1-3-17-12(16)8(2)18-13-15-10-6-9(7-14)4-5-11(10)19-13/h4-6,8H,3H2,1-2H3. The molecule has 2 aromatic rings. The maximum absolute atomic E-state index is 11.6. The molecule has 98 valence electrons. The predicted molar refractivity (Wildman–Crippen MR) is 76.3 cm³/mol. The first kappa shape index (κ1) is 13.8. The van der Waals surface area contributed by atoms with Crippen LogP contribution in [0.5, 0.6) is 0 Å². The Labute approximate surface area is 119 Å². The fourth-order valence-corrected chi connectivity index (χ4v) is 3.68. The van der Waals surface area contributed by atoms with Crippen molar-refractivity contribution in [2.24, 2.45) is 0 Å². The van der Waals surface area contributed by atoms with Gasteiger partial charge < -0.3 is 4.74 Å². The molecule has 0 saturated carbocycles. The quantitative estimate of drug-likeness (QED) is 0.639. The van der Waals surface area contributed by atoms with E-state index in [1.165, 1.54) is 23.1 Å². The van der Waals surface area contributed by atoms with Gasteiger partial charge in [-0.1, -0.05) is 11.8 Å². The van der Waals surface area contributed by atoms with E-state index in [1.807, 2.05) is 6.07 Å². The van der Waals surface area contributed by atoms with E-state index in [-0.39, 0.29) is 11.2 Å². The molecule has 6 heteroatoms. The first-order valence-corrected chi connectivity index (χ1v) is 7.47. The van der Waals surface area contributed by atoms with Crippen molar-refractivity contribution in [1.82, 2.24) is 4.98 Å². The topological polar surface area (TPSA) is 63.0 Å². The first-order chi connectivity index (χ1) is 9.13. The van der Waals surface area contributed by atoms with Gasteiger partial charge in [0.05, 0.1) is 28.5 Å². The molecule has 4 nitrogen and oxygen atoms in total. The molecule has 0 aliphatic heterocycles. The van der Waals surface area contributed by atoms with E-state index in [9.17, 15) is 4.79 Å². The minimum atomic E-state index is -0.282. The highest BCUT2D eigenvalue weighted by atomic mass is 32.2. The lowest BCUT2D eigenvalue weighted by atomic mass is 10.2. The van der Waals surface area contributed by atoms with Crippen LogP contribution in [0.4, 0.5) is 0 Å². The van der Waals surface area contributed by atoms with Crippen molar-refractivity contribution in [3.05, 3.63) is 23.8 Å². The Morgan fingerprint density at radius 3 is 3.11 bits per heavy atom. The Balaban J connectivity index is 2.18. The molecular formula is C13H12N2O2S2. The van der Waals surface area contributed by atoms with Crippen molar-refractivity contribution < 1.29 is 9.53 Å². The summed E-state index contributed by atoms with van der Waals surface area (Å²) >= 11 is 2.90. The third-order valence-electron chi connectivity index (χ3n) is 2.39. The van der Waals surface area contributed by atoms with Crippen LogP contribution in [0.3, 0.4) is 0 Å². The molecule has 1 unspecified atom stereocenters. The molecule has 0 amide bonds. The molecule has 0 bridgehead atoms. The molecule has 0 aliphatic rings. The fraction of sp³-hybridized carbons (Fsp3) is 0.308. The summed E-state index contributed by atoms with van der Waals surface area (Å²) in [5, 5.41) is 8.56. The highest BCUT2D eigenvalue weighted by Gasteiger charge is 2.17. The minimum Gasteiger partial charge on any atom is -0.465 e. The van der Waals surface area contributed by atoms with Gasteiger partial charge in [-0.25, -0.2) is 4.98 Å². The maximum Gasteiger partial charge on any atom is 0.319 e. The summed E-state index contributed by atoms with van der Waals surface area (Å²) < 4.78 is 6.78. The van der Waals surface area contributed by atoms with Crippen LogP contribution in [0.1, 0.15) is 19.4 Å². The minimum absolute atomic E-state index is 0.232. The molecule has 1 aromatic carbocycles. The molecule has 2 rings (SSSR count). The van der Waals surface area contributed by atoms with E-state index in [0.29, 0.717) is 12.2 Å². The van der Waals surface area contributed by atoms with Crippen LogP contribution in [0.25, 0.3) is 10.2 Å². The number of thiazole rings is 1. The Kier molecular flexibility index (Phi) is 4.40. The van der Waals surface area contributed by atoms with Gasteiger partial charge in [0.25, 0.3) is 0 Å². The largest absolute Gasteiger partial charge is 0.465 e. The number of thioether (sulfide) groups is 1. The summed E-state index contributed by atoms with van der Waals surface area (Å²) in [6.45, 7) is 3.97. The average molecular weight is 292 g/mol. The Morgan fingerprint density at radius 2 is 2.42 bits per heavy atom. The zero-order valence-electron chi connectivity index (χ0n) is 10.5. The third kappa shape index (κ3) is 3.25. The normalized spacial score (nSPS) is 12.1. The van der Waals surface area contributed by atoms with E-state index in [2.05, 4.69) is 11.1 Å². The fourth-order valence-electron chi connectivity index (χ4n) is 1.49. The van der Waals surface area contributed by atoms with E-state index < -0.39 is 0 Å². The Bertz CT molecular complexity index is 646. The van der Waals surface area contributed by atoms with Crippen LogP contribution >= 0.6 is 23.1 Å². The van der Waals surface area contributed by atoms with Crippen LogP contribution in [0.2, 0.25) is 0 Å². The van der Waals surface area contributed by atoms with Gasteiger partial charge in [0, 0.05) is 0 Å². The maximum atomic E-state index is 11.6.